The number of nitrogens with zero attached hydrogens (tertiary/aromatic N) is 2. The summed E-state index contributed by atoms with van der Waals surface area (Å²) in [5.41, 5.74) is 2.59. The SMILES string of the molecule is COc1cc(C(=O)NC2CC3CCCC(C2)N3Cc2nc3ccccc3[nH]2)cc(OC)c1OC. The van der Waals surface area contributed by atoms with Crippen molar-refractivity contribution in [3.8, 4) is 17.2 Å². The highest BCUT2D eigenvalue weighted by Gasteiger charge is 2.39. The molecule has 1 aromatic heterocycles. The van der Waals surface area contributed by atoms with Gasteiger partial charge in [-0.25, -0.2) is 4.98 Å². The maximum atomic E-state index is 13.1. The third kappa shape index (κ3) is 4.30. The van der Waals surface area contributed by atoms with Crippen molar-refractivity contribution >= 4 is 16.9 Å². The number of aromatic amines is 1. The fraction of sp³-hybridized carbons (Fsp3) is 0.462. The molecule has 8 heteroatoms. The molecule has 0 radical (unpaired) electrons. The van der Waals surface area contributed by atoms with Gasteiger partial charge in [-0.15, -0.1) is 0 Å². The van der Waals surface area contributed by atoms with Crippen LogP contribution in [0.15, 0.2) is 36.4 Å². The zero-order valence-electron chi connectivity index (χ0n) is 20.0. The quantitative estimate of drug-likeness (QED) is 0.551. The molecule has 2 aliphatic rings. The highest BCUT2D eigenvalue weighted by atomic mass is 16.5. The number of fused-ring (bicyclic) bond motifs is 3. The van der Waals surface area contributed by atoms with Crippen molar-refractivity contribution in [2.24, 2.45) is 0 Å². The molecule has 2 aliphatic heterocycles. The van der Waals surface area contributed by atoms with Crippen LogP contribution < -0.4 is 19.5 Å². The van der Waals surface area contributed by atoms with E-state index >= 15 is 0 Å². The first-order valence-electron chi connectivity index (χ1n) is 11.9. The summed E-state index contributed by atoms with van der Waals surface area (Å²) in [6.07, 6.45) is 5.40. The number of imidazole rings is 1. The van der Waals surface area contributed by atoms with Crippen molar-refractivity contribution in [2.75, 3.05) is 21.3 Å². The fourth-order valence-electron chi connectivity index (χ4n) is 5.59. The van der Waals surface area contributed by atoms with Crippen molar-refractivity contribution in [2.45, 2.75) is 56.8 Å². The number of carbonyl (C=O) groups is 1. The summed E-state index contributed by atoms with van der Waals surface area (Å²) in [5, 5.41) is 3.27. The van der Waals surface area contributed by atoms with Gasteiger partial charge in [-0.1, -0.05) is 18.6 Å². The van der Waals surface area contributed by atoms with Crippen molar-refractivity contribution in [1.82, 2.24) is 20.2 Å². The Kier molecular flexibility index (Phi) is 6.32. The second-order valence-corrected chi connectivity index (χ2v) is 9.17. The van der Waals surface area contributed by atoms with E-state index in [-0.39, 0.29) is 11.9 Å². The number of amides is 1. The Morgan fingerprint density at radius 1 is 1.06 bits per heavy atom. The first kappa shape index (κ1) is 22.5. The van der Waals surface area contributed by atoms with Gasteiger partial charge in [0.05, 0.1) is 38.9 Å². The van der Waals surface area contributed by atoms with Crippen LogP contribution in [-0.2, 0) is 6.54 Å². The number of piperidine rings is 2. The van der Waals surface area contributed by atoms with Gasteiger partial charge in [0.15, 0.2) is 11.5 Å². The Bertz CT molecular complexity index is 1100. The van der Waals surface area contributed by atoms with Crippen LogP contribution in [0, 0.1) is 0 Å². The van der Waals surface area contributed by atoms with Gasteiger partial charge in [-0.3, -0.25) is 9.69 Å². The van der Waals surface area contributed by atoms with E-state index in [1.165, 1.54) is 6.42 Å². The molecule has 2 N–H and O–H groups in total. The molecule has 1 amide bonds. The van der Waals surface area contributed by atoms with Crippen molar-refractivity contribution < 1.29 is 19.0 Å². The average Bonchev–Trinajstić information content (AvgIpc) is 3.25. The van der Waals surface area contributed by atoms with Crippen molar-refractivity contribution in [1.29, 1.82) is 0 Å². The molecule has 2 atom stereocenters. The molecule has 2 unspecified atom stereocenters. The van der Waals surface area contributed by atoms with Crippen LogP contribution in [0.5, 0.6) is 17.2 Å². The fourth-order valence-corrected chi connectivity index (χ4v) is 5.59. The first-order chi connectivity index (χ1) is 16.6. The minimum absolute atomic E-state index is 0.118. The third-order valence-electron chi connectivity index (χ3n) is 7.16. The van der Waals surface area contributed by atoms with E-state index in [2.05, 4.69) is 21.3 Å². The summed E-state index contributed by atoms with van der Waals surface area (Å²) in [4.78, 5) is 24.0. The van der Waals surface area contributed by atoms with E-state index in [1.54, 1.807) is 33.5 Å². The molecule has 0 aliphatic carbocycles. The third-order valence-corrected chi connectivity index (χ3v) is 7.16. The van der Waals surface area contributed by atoms with E-state index in [4.69, 9.17) is 19.2 Å². The molecule has 0 spiro atoms. The molecular formula is C26H32N4O4. The van der Waals surface area contributed by atoms with Crippen LogP contribution in [0.25, 0.3) is 11.0 Å². The molecule has 8 nitrogen and oxygen atoms in total. The Balaban J connectivity index is 1.28. The number of rotatable bonds is 7. The lowest BCUT2D eigenvalue weighted by Gasteiger charge is -2.48. The van der Waals surface area contributed by atoms with Crippen LogP contribution >= 0.6 is 0 Å². The van der Waals surface area contributed by atoms with Crippen LogP contribution in [0.4, 0.5) is 0 Å². The van der Waals surface area contributed by atoms with Gasteiger partial charge in [0.25, 0.3) is 5.91 Å². The number of nitrogens with one attached hydrogen (secondary N) is 2. The smallest absolute Gasteiger partial charge is 0.251 e. The van der Waals surface area contributed by atoms with Crippen molar-refractivity contribution in [3.05, 3.63) is 47.8 Å². The van der Waals surface area contributed by atoms with E-state index < -0.39 is 0 Å². The zero-order chi connectivity index (χ0) is 23.7. The van der Waals surface area contributed by atoms with Gasteiger partial charge in [0.2, 0.25) is 5.75 Å². The molecule has 3 heterocycles. The topological polar surface area (TPSA) is 88.7 Å². The van der Waals surface area contributed by atoms with Gasteiger partial charge in [0, 0.05) is 23.7 Å². The zero-order valence-corrected chi connectivity index (χ0v) is 20.0. The standard InChI is InChI=1S/C26H32N4O4/c1-32-22-11-16(12-23(33-2)25(22)34-3)26(31)27-17-13-18-7-6-8-19(14-17)30(18)15-24-28-20-9-4-5-10-21(20)29-24/h4-5,9-12,17-19H,6-8,13-15H2,1-3H3,(H,27,31)(H,28,29). The highest BCUT2D eigenvalue weighted by Crippen LogP contribution is 2.39. The van der Waals surface area contributed by atoms with Crippen LogP contribution in [0.2, 0.25) is 0 Å². The molecule has 34 heavy (non-hydrogen) atoms. The summed E-state index contributed by atoms with van der Waals surface area (Å²) in [6.45, 7) is 0.817. The minimum Gasteiger partial charge on any atom is -0.493 e. The lowest BCUT2D eigenvalue weighted by Crippen LogP contribution is -2.56. The molecule has 2 aromatic carbocycles. The Morgan fingerprint density at radius 3 is 2.35 bits per heavy atom. The van der Waals surface area contributed by atoms with Gasteiger partial charge >= 0.3 is 0 Å². The van der Waals surface area contributed by atoms with Crippen LogP contribution in [0.1, 0.15) is 48.3 Å². The summed E-state index contributed by atoms with van der Waals surface area (Å²) in [5.74, 6) is 2.33. The number of hydrogen-bond acceptors (Lipinski definition) is 6. The van der Waals surface area contributed by atoms with Crippen LogP contribution in [-0.4, -0.2) is 60.2 Å². The van der Waals surface area contributed by atoms with Crippen LogP contribution in [0.3, 0.4) is 0 Å². The van der Waals surface area contributed by atoms with Gasteiger partial charge in [-0.05, 0) is 49.9 Å². The average molecular weight is 465 g/mol. The first-order valence-corrected chi connectivity index (χ1v) is 11.9. The summed E-state index contributed by atoms with van der Waals surface area (Å²) in [6, 6.07) is 12.6. The van der Waals surface area contributed by atoms with Crippen molar-refractivity contribution in [3.63, 3.8) is 0 Å². The molecular weight excluding hydrogens is 432 g/mol. The highest BCUT2D eigenvalue weighted by molar-refractivity contribution is 5.95. The number of hydrogen-bond donors (Lipinski definition) is 2. The largest absolute Gasteiger partial charge is 0.493 e. The summed E-state index contributed by atoms with van der Waals surface area (Å²) in [7, 11) is 4.66. The Morgan fingerprint density at radius 2 is 1.74 bits per heavy atom. The maximum absolute atomic E-state index is 13.1. The van der Waals surface area contributed by atoms with Gasteiger partial charge in [0.1, 0.15) is 5.82 Å². The summed E-state index contributed by atoms with van der Waals surface area (Å²) >= 11 is 0. The molecule has 5 rings (SSSR count). The monoisotopic (exact) mass is 464 g/mol. The number of H-pyrrole nitrogens is 1. The molecule has 180 valence electrons. The number of ether oxygens (including phenoxy) is 3. The number of carbonyl (C=O) groups excluding carboxylic acids is 1. The number of benzene rings is 2. The molecule has 2 saturated heterocycles. The second kappa shape index (κ2) is 9.54. The molecule has 0 saturated carbocycles. The molecule has 2 bridgehead atoms. The normalized spacial score (nSPS) is 22.4. The summed E-state index contributed by atoms with van der Waals surface area (Å²) < 4.78 is 16.2. The number of methoxy groups -OCH3 is 3. The number of aromatic nitrogens is 2. The minimum atomic E-state index is -0.118. The van der Waals surface area contributed by atoms with E-state index in [0.29, 0.717) is 34.9 Å². The predicted octanol–water partition coefficient (Wildman–Crippen LogP) is 3.90. The number of para-hydroxylation sites is 2. The van der Waals surface area contributed by atoms with E-state index in [0.717, 1.165) is 49.1 Å². The van der Waals surface area contributed by atoms with Gasteiger partial charge in [-0.2, -0.15) is 0 Å². The lowest BCUT2D eigenvalue weighted by atomic mass is 9.81. The van der Waals surface area contributed by atoms with Gasteiger partial charge < -0.3 is 24.5 Å². The predicted molar refractivity (Wildman–Crippen MR) is 130 cm³/mol. The Labute approximate surface area is 199 Å². The molecule has 3 aromatic rings. The second-order valence-electron chi connectivity index (χ2n) is 9.17. The Hall–Kier alpha value is -3.26. The van der Waals surface area contributed by atoms with E-state index in [1.807, 2.05) is 18.2 Å². The maximum Gasteiger partial charge on any atom is 0.251 e. The molecule has 2 fully saturated rings. The van der Waals surface area contributed by atoms with E-state index in [9.17, 15) is 4.79 Å². The lowest BCUT2D eigenvalue weighted by molar-refractivity contribution is 0.0160.